The molecule has 68 heavy (non-hydrogen) atoms. The molecule has 12 nitrogen and oxygen atoms in total. The number of benzene rings is 8. The number of urea groups is 4. The number of amides is 8. The predicted octanol–water partition coefficient (Wildman–Crippen LogP) is 12.4. The molecule has 8 amide bonds. The summed E-state index contributed by atoms with van der Waals surface area (Å²) in [5, 5.41) is 32.0. The highest BCUT2D eigenvalue weighted by atomic mass is 16.2. The van der Waals surface area contributed by atoms with Crippen molar-refractivity contribution < 1.29 is 19.2 Å². The van der Waals surface area contributed by atoms with Crippen molar-refractivity contribution in [1.82, 2.24) is 21.3 Å². The smallest absolute Gasteiger partial charge is 0.319 e. The number of carbonyl (C=O) groups is 4. The number of fused-ring (bicyclic) bond motifs is 13. The largest absolute Gasteiger partial charge is 0.334 e. The lowest BCUT2D eigenvalue weighted by atomic mass is 9.87. The van der Waals surface area contributed by atoms with Crippen LogP contribution in [0.4, 0.5) is 41.9 Å². The van der Waals surface area contributed by atoms with Gasteiger partial charge >= 0.3 is 24.1 Å². The van der Waals surface area contributed by atoms with Crippen LogP contribution in [0, 0.1) is 55.4 Å². The first-order valence-corrected chi connectivity index (χ1v) is 22.9. The maximum absolute atomic E-state index is 13.9. The van der Waals surface area contributed by atoms with Crippen molar-refractivity contribution in [1.29, 1.82) is 0 Å². The fraction of sp³-hybridized carbons (Fsp3) is 0.214. The van der Waals surface area contributed by atoms with Gasteiger partial charge in [0, 0.05) is 26.2 Å². The second kappa shape index (κ2) is 18.3. The Kier molecular flexibility index (Phi) is 12.1. The molecule has 344 valence electrons. The molecule has 2 heterocycles. The zero-order valence-electron chi connectivity index (χ0n) is 39.7. The Morgan fingerprint density at radius 1 is 0.279 bits per heavy atom. The summed E-state index contributed by atoms with van der Waals surface area (Å²) in [6, 6.07) is 29.6. The first-order chi connectivity index (χ1) is 32.6. The molecule has 0 unspecified atom stereocenters. The van der Waals surface area contributed by atoms with Crippen molar-refractivity contribution >= 4 is 90.0 Å². The van der Waals surface area contributed by atoms with Crippen molar-refractivity contribution in [2.75, 3.05) is 21.3 Å². The molecule has 8 aromatic carbocycles. The molecule has 0 atom stereocenters. The Labute approximate surface area is 395 Å². The molecule has 12 heteroatoms. The molecule has 0 radical (unpaired) electrons. The van der Waals surface area contributed by atoms with Gasteiger partial charge in [0.15, 0.2) is 0 Å². The van der Waals surface area contributed by atoms with Gasteiger partial charge < -0.3 is 42.5 Å². The maximum atomic E-state index is 13.9. The number of anilines is 4. The summed E-state index contributed by atoms with van der Waals surface area (Å²) in [6.07, 6.45) is 0. The topological polar surface area (TPSA) is 165 Å². The molecule has 0 fully saturated rings. The van der Waals surface area contributed by atoms with Crippen LogP contribution in [0.3, 0.4) is 0 Å². The molecule has 8 aromatic rings. The maximum Gasteiger partial charge on any atom is 0.319 e. The Hall–Kier alpha value is -8.12. The number of hydrogen-bond donors (Lipinski definition) is 8. The van der Waals surface area contributed by atoms with Crippen LogP contribution in [-0.4, -0.2) is 24.1 Å². The highest BCUT2D eigenvalue weighted by Crippen LogP contribution is 2.38. The Morgan fingerprint density at radius 3 is 0.603 bits per heavy atom. The summed E-state index contributed by atoms with van der Waals surface area (Å²) in [4.78, 5) is 55.5. The zero-order valence-corrected chi connectivity index (χ0v) is 39.7. The van der Waals surface area contributed by atoms with E-state index in [-0.39, 0.29) is 26.2 Å². The van der Waals surface area contributed by atoms with Crippen LogP contribution >= 0.6 is 0 Å². The lowest BCUT2D eigenvalue weighted by Gasteiger charge is -2.21. The molecule has 0 saturated heterocycles. The van der Waals surface area contributed by atoms with Crippen molar-refractivity contribution in [3.8, 4) is 0 Å². The van der Waals surface area contributed by atoms with E-state index < -0.39 is 24.1 Å². The van der Waals surface area contributed by atoms with Crippen LogP contribution < -0.4 is 42.5 Å². The van der Waals surface area contributed by atoms with Gasteiger partial charge in [0.25, 0.3) is 0 Å². The number of carbonyl (C=O) groups excluding carboxylic acids is 4. The van der Waals surface area contributed by atoms with Gasteiger partial charge in [-0.05, 0) is 190 Å². The molecule has 4 bridgehead atoms. The molecular formula is C56H56N8O4. The molecule has 0 saturated carbocycles. The minimum absolute atomic E-state index is 0.199. The van der Waals surface area contributed by atoms with Gasteiger partial charge in [-0.15, -0.1) is 0 Å². The number of aryl methyl sites for hydroxylation is 8. The van der Waals surface area contributed by atoms with Crippen molar-refractivity contribution in [3.05, 3.63) is 164 Å². The van der Waals surface area contributed by atoms with Crippen LogP contribution in [-0.2, 0) is 26.2 Å². The summed E-state index contributed by atoms with van der Waals surface area (Å²) in [5.74, 6) is 0. The summed E-state index contributed by atoms with van der Waals surface area (Å²) in [7, 11) is 0. The summed E-state index contributed by atoms with van der Waals surface area (Å²) >= 11 is 0. The minimum atomic E-state index is -0.440. The second-order valence-corrected chi connectivity index (χ2v) is 18.2. The van der Waals surface area contributed by atoms with E-state index in [0.717, 1.165) is 110 Å². The number of rotatable bonds is 0. The standard InChI is InChI=1S/C56H56N8O4/c1-29-17-37-38(18-30(29)2)46-26-58-54(66)62-51-15-11-12-16-52(51)64-56(68)60-28-48-43-23-35(7)33(5)21-41(43)47(42-22-34(6)36(8)24-44(42)48)27-59-55(67)63-50-14-10-9-13-49(50)61-53(65)57-25-45(37)39-19-31(3)32(4)20-40(39)46/h9-24H,25-28H2,1-8H3,(H2,57,61,65)(H2,58,62,66)(H2,59,63,67)(H2,60,64,68). The molecular weight excluding hydrogens is 849 g/mol. The first kappa shape index (κ1) is 45.1. The molecule has 0 aliphatic carbocycles. The first-order valence-electron chi connectivity index (χ1n) is 22.9. The van der Waals surface area contributed by atoms with Crippen LogP contribution in [0.2, 0.25) is 0 Å². The average Bonchev–Trinajstić information content (AvgIpc) is 3.29. The van der Waals surface area contributed by atoms with E-state index in [1.807, 2.05) is 0 Å². The van der Waals surface area contributed by atoms with Gasteiger partial charge in [-0.3, -0.25) is 0 Å². The van der Waals surface area contributed by atoms with E-state index >= 15 is 0 Å². The lowest BCUT2D eigenvalue weighted by molar-refractivity contribution is 0.250. The number of para-hydroxylation sites is 4. The van der Waals surface area contributed by atoms with Crippen molar-refractivity contribution in [2.24, 2.45) is 0 Å². The highest BCUT2D eigenvalue weighted by molar-refractivity contribution is 6.09. The monoisotopic (exact) mass is 904 g/mol. The van der Waals surface area contributed by atoms with Gasteiger partial charge in [-0.25, -0.2) is 19.2 Å². The number of hydrogen-bond acceptors (Lipinski definition) is 4. The van der Waals surface area contributed by atoms with Gasteiger partial charge in [-0.2, -0.15) is 0 Å². The van der Waals surface area contributed by atoms with E-state index in [2.05, 4.69) is 146 Å². The average molecular weight is 905 g/mol. The Balaban J connectivity index is 1.14. The molecule has 2 aliphatic heterocycles. The van der Waals surface area contributed by atoms with E-state index in [1.165, 1.54) is 0 Å². The fourth-order valence-electron chi connectivity index (χ4n) is 9.35. The van der Waals surface area contributed by atoms with Gasteiger partial charge in [0.1, 0.15) is 0 Å². The van der Waals surface area contributed by atoms with Crippen molar-refractivity contribution in [2.45, 2.75) is 81.6 Å². The predicted molar refractivity (Wildman–Crippen MR) is 277 cm³/mol. The minimum Gasteiger partial charge on any atom is -0.334 e. The molecule has 0 spiro atoms. The zero-order chi connectivity index (χ0) is 48.0. The molecule has 0 aromatic heterocycles. The van der Waals surface area contributed by atoms with E-state index in [1.54, 1.807) is 48.5 Å². The fourth-order valence-corrected chi connectivity index (χ4v) is 9.35. The van der Waals surface area contributed by atoms with Crippen molar-refractivity contribution in [3.63, 3.8) is 0 Å². The highest BCUT2D eigenvalue weighted by Gasteiger charge is 2.21. The third kappa shape index (κ3) is 8.80. The van der Waals surface area contributed by atoms with E-state index in [0.29, 0.717) is 22.7 Å². The van der Waals surface area contributed by atoms with Crippen LogP contribution in [0.5, 0.6) is 0 Å². The van der Waals surface area contributed by atoms with Crippen LogP contribution in [0.1, 0.15) is 66.8 Å². The molecule has 10 rings (SSSR count). The SMILES string of the molecule is Cc1cc2c3c4cc(C)c(C)cc4c(c2cc1C)CNC(=O)Nc1ccccc1NC(=O)NCc1c2cc(C)c(C)cc2c(c2cc(C)c(C)cc12)CNC(=O)Nc1ccccc1NC(=O)NC3. The normalized spacial score (nSPS) is 14.1. The van der Waals surface area contributed by atoms with Crippen LogP contribution in [0.15, 0.2) is 97.1 Å². The third-order valence-corrected chi connectivity index (χ3v) is 13.7. The third-order valence-electron chi connectivity index (χ3n) is 13.7. The summed E-state index contributed by atoms with van der Waals surface area (Å²) < 4.78 is 0. The number of nitrogens with one attached hydrogen (secondary N) is 8. The Bertz CT molecular complexity index is 2850. The van der Waals surface area contributed by atoms with E-state index in [4.69, 9.17) is 0 Å². The molecule has 8 N–H and O–H groups in total. The molecule has 2 aliphatic rings. The van der Waals surface area contributed by atoms with Gasteiger partial charge in [0.05, 0.1) is 22.7 Å². The lowest BCUT2D eigenvalue weighted by Crippen LogP contribution is -2.31. The summed E-state index contributed by atoms with van der Waals surface area (Å²) in [5.41, 5.74) is 14.2. The Morgan fingerprint density at radius 2 is 0.441 bits per heavy atom. The van der Waals surface area contributed by atoms with Gasteiger partial charge in [0.2, 0.25) is 0 Å². The second-order valence-electron chi connectivity index (χ2n) is 18.2. The van der Waals surface area contributed by atoms with E-state index in [9.17, 15) is 19.2 Å². The van der Waals surface area contributed by atoms with Crippen LogP contribution in [0.25, 0.3) is 43.1 Å². The van der Waals surface area contributed by atoms with Gasteiger partial charge in [-0.1, -0.05) is 72.8 Å². The summed E-state index contributed by atoms with van der Waals surface area (Å²) in [6.45, 7) is 17.3. The quantitative estimate of drug-likeness (QED) is 0.0711.